The monoisotopic (exact) mass is 946 g/mol. The normalized spacial score (nSPS) is 18.5. The molecule has 2 aliphatic rings. The molecule has 65 heavy (non-hydrogen) atoms. The second kappa shape index (κ2) is 19.7. The lowest BCUT2D eigenvalue weighted by Gasteiger charge is -2.44. The van der Waals surface area contributed by atoms with Crippen LogP contribution in [0, 0.1) is 17.8 Å². The molecule has 10 heteroatoms. The quantitative estimate of drug-likeness (QED) is 0.0350. The molecule has 1 heterocycles. The molecule has 332 valence electrons. The number of aromatic hydroxyl groups is 1. The third-order valence-electron chi connectivity index (χ3n) is 13.0. The highest BCUT2D eigenvalue weighted by atomic mass is 79.9. The standard InChI is InChI=1S/C55H55BrN2O6Si/c1-55(2,3)65(45-20-12-6-13-21-45,46-22-14-7-15-23-46)64-36-40-34-47-52(54(63)58(53(47)62)44-28-26-43(27-29-44)57-42-18-10-5-11-19-42)48(35-59)51(40)50(61)30-24-38(37-16-8-4-9-17-37)32-39-33-41(56)25-31-49(39)60/h4-23,25-29,31-33,47-48,50,52,57,59-61H,24,30,34-36H2,1-3H3/b38-32-/t47-,48+,50-,52-/m1/s1. The van der Waals surface area contributed by atoms with E-state index in [1.807, 2.05) is 121 Å². The number of halogens is 1. The van der Waals surface area contributed by atoms with Crippen LogP contribution in [0.2, 0.25) is 5.04 Å². The number of phenolic OH excluding ortho intramolecular Hbond substituents is 1. The number of para-hydroxylation sites is 1. The number of hydrogen-bond donors (Lipinski definition) is 4. The maximum atomic E-state index is 14.7. The minimum atomic E-state index is -3.11. The van der Waals surface area contributed by atoms with Crippen LogP contribution in [0.3, 0.4) is 0 Å². The lowest BCUT2D eigenvalue weighted by Crippen LogP contribution is -2.66. The van der Waals surface area contributed by atoms with Gasteiger partial charge in [-0.25, -0.2) is 0 Å². The average molecular weight is 948 g/mol. The van der Waals surface area contributed by atoms with Crippen molar-refractivity contribution in [3.8, 4) is 5.75 Å². The fourth-order valence-electron chi connectivity index (χ4n) is 9.91. The van der Waals surface area contributed by atoms with Gasteiger partial charge in [-0.1, -0.05) is 146 Å². The fraction of sp³-hybridized carbons (Fsp3) is 0.236. The van der Waals surface area contributed by atoms with E-state index in [4.69, 9.17) is 4.43 Å². The molecule has 8 nitrogen and oxygen atoms in total. The zero-order valence-corrected chi connectivity index (χ0v) is 39.5. The van der Waals surface area contributed by atoms with Crippen LogP contribution in [-0.4, -0.2) is 54.8 Å². The van der Waals surface area contributed by atoms with Gasteiger partial charge in [0.25, 0.3) is 8.32 Å². The SMILES string of the molecule is CC(C)(C)[Si](OCC1=C([C@H](O)CC/C(=C/c2cc(Br)ccc2O)c2ccccc2)[C@H](CO)[C@@H]2C(=O)N(c3ccc(Nc4ccccc4)cc3)C(=O)[C@@H]2C1)(c1ccccc1)c1ccccc1. The molecule has 1 fully saturated rings. The van der Waals surface area contributed by atoms with Crippen molar-refractivity contribution in [2.75, 3.05) is 23.4 Å². The van der Waals surface area contributed by atoms with E-state index < -0.39 is 44.7 Å². The number of imide groups is 1. The molecule has 0 aromatic heterocycles. The number of phenols is 1. The number of amides is 2. The third-order valence-corrected chi connectivity index (χ3v) is 18.4. The highest BCUT2D eigenvalue weighted by molar-refractivity contribution is 9.10. The number of nitrogens with one attached hydrogen (secondary N) is 1. The maximum absolute atomic E-state index is 14.7. The average Bonchev–Trinajstić information content (AvgIpc) is 3.57. The summed E-state index contributed by atoms with van der Waals surface area (Å²) in [6, 6.07) is 52.7. The third kappa shape index (κ3) is 9.46. The van der Waals surface area contributed by atoms with E-state index in [2.05, 4.69) is 66.3 Å². The van der Waals surface area contributed by atoms with E-state index in [0.29, 0.717) is 23.2 Å². The number of fused-ring (bicyclic) bond motifs is 1. The van der Waals surface area contributed by atoms with Crippen molar-refractivity contribution in [1.82, 2.24) is 0 Å². The number of hydrogen-bond acceptors (Lipinski definition) is 7. The minimum Gasteiger partial charge on any atom is -0.507 e. The molecular formula is C55H55BrN2O6Si. The molecule has 1 aliphatic carbocycles. The Kier molecular flexibility index (Phi) is 13.8. The number of benzene rings is 6. The summed E-state index contributed by atoms with van der Waals surface area (Å²) in [6.07, 6.45) is 1.66. The van der Waals surface area contributed by atoms with Gasteiger partial charge < -0.3 is 25.1 Å². The molecule has 0 spiro atoms. The van der Waals surface area contributed by atoms with Crippen LogP contribution in [0.15, 0.2) is 179 Å². The number of aliphatic hydroxyl groups excluding tert-OH is 2. The zero-order chi connectivity index (χ0) is 45.7. The van der Waals surface area contributed by atoms with E-state index in [9.17, 15) is 24.9 Å². The molecule has 1 saturated heterocycles. The van der Waals surface area contributed by atoms with Gasteiger partial charge in [-0.05, 0) is 118 Å². The Balaban J connectivity index is 1.18. The molecule has 2 amide bonds. The molecule has 6 aromatic carbocycles. The minimum absolute atomic E-state index is 0.0913. The molecule has 4 atom stereocenters. The van der Waals surface area contributed by atoms with Crippen molar-refractivity contribution < 1.29 is 29.3 Å². The van der Waals surface area contributed by atoms with Crippen LogP contribution in [-0.2, 0) is 14.0 Å². The van der Waals surface area contributed by atoms with E-state index in [1.54, 1.807) is 24.3 Å². The molecule has 0 radical (unpaired) electrons. The van der Waals surface area contributed by atoms with Gasteiger partial charge in [-0.15, -0.1) is 0 Å². The molecule has 0 saturated carbocycles. The highest BCUT2D eigenvalue weighted by Gasteiger charge is 2.56. The van der Waals surface area contributed by atoms with Gasteiger partial charge in [0.15, 0.2) is 0 Å². The largest absolute Gasteiger partial charge is 0.507 e. The number of allylic oxidation sites excluding steroid dienone is 1. The Hall–Kier alpha value is -5.88. The topological polar surface area (TPSA) is 119 Å². The van der Waals surface area contributed by atoms with Crippen LogP contribution in [0.25, 0.3) is 11.6 Å². The summed E-state index contributed by atoms with van der Waals surface area (Å²) in [6.45, 7) is 6.25. The maximum Gasteiger partial charge on any atom is 0.261 e. The van der Waals surface area contributed by atoms with Crippen LogP contribution >= 0.6 is 15.9 Å². The van der Waals surface area contributed by atoms with E-state index >= 15 is 0 Å². The van der Waals surface area contributed by atoms with Gasteiger partial charge in [0.05, 0.1) is 36.8 Å². The van der Waals surface area contributed by atoms with Gasteiger partial charge >= 0.3 is 0 Å². The van der Waals surface area contributed by atoms with Gasteiger partial charge in [0, 0.05) is 27.3 Å². The summed E-state index contributed by atoms with van der Waals surface area (Å²) in [5, 5.41) is 40.1. The Morgan fingerprint density at radius 2 is 1.37 bits per heavy atom. The number of rotatable bonds is 15. The zero-order valence-electron chi connectivity index (χ0n) is 36.9. The second-order valence-electron chi connectivity index (χ2n) is 18.0. The predicted octanol–water partition coefficient (Wildman–Crippen LogP) is 10.3. The van der Waals surface area contributed by atoms with Crippen LogP contribution in [0.5, 0.6) is 5.75 Å². The molecule has 0 unspecified atom stereocenters. The molecule has 4 N–H and O–H groups in total. The lowest BCUT2D eigenvalue weighted by molar-refractivity contribution is -0.123. The first-order chi connectivity index (χ1) is 31.4. The Bertz CT molecular complexity index is 2630. The van der Waals surface area contributed by atoms with Crippen molar-refractivity contribution in [1.29, 1.82) is 0 Å². The Morgan fingerprint density at radius 1 is 0.800 bits per heavy atom. The molecule has 6 aromatic rings. The first-order valence-corrected chi connectivity index (χ1v) is 24.9. The van der Waals surface area contributed by atoms with Crippen LogP contribution in [0.1, 0.15) is 51.2 Å². The second-order valence-corrected chi connectivity index (χ2v) is 23.2. The molecule has 0 bridgehead atoms. The van der Waals surface area contributed by atoms with Crippen molar-refractivity contribution >= 4 is 75.1 Å². The van der Waals surface area contributed by atoms with E-state index in [0.717, 1.165) is 42.9 Å². The highest BCUT2D eigenvalue weighted by Crippen LogP contribution is 2.48. The Morgan fingerprint density at radius 3 is 1.95 bits per heavy atom. The summed E-state index contributed by atoms with van der Waals surface area (Å²) >= 11 is 3.54. The number of nitrogens with zero attached hydrogens (tertiary/aromatic N) is 1. The summed E-state index contributed by atoms with van der Waals surface area (Å²) in [5.41, 5.74) is 5.89. The van der Waals surface area contributed by atoms with Crippen LogP contribution < -0.4 is 20.6 Å². The Labute approximate surface area is 391 Å². The van der Waals surface area contributed by atoms with Gasteiger partial charge in [0.2, 0.25) is 11.8 Å². The number of anilines is 3. The smallest absolute Gasteiger partial charge is 0.261 e. The fourth-order valence-corrected chi connectivity index (χ4v) is 14.8. The van der Waals surface area contributed by atoms with Gasteiger partial charge in [0.1, 0.15) is 5.75 Å². The predicted molar refractivity (Wildman–Crippen MR) is 267 cm³/mol. The first kappa shape index (κ1) is 45.7. The summed E-state index contributed by atoms with van der Waals surface area (Å²) in [5.74, 6) is -3.10. The van der Waals surface area contributed by atoms with E-state index in [-0.39, 0.29) is 36.1 Å². The van der Waals surface area contributed by atoms with Crippen molar-refractivity contribution in [3.63, 3.8) is 0 Å². The number of aliphatic hydroxyl groups is 2. The molecule has 1 aliphatic heterocycles. The van der Waals surface area contributed by atoms with E-state index in [1.165, 1.54) is 4.90 Å². The summed E-state index contributed by atoms with van der Waals surface area (Å²) < 4.78 is 8.31. The summed E-state index contributed by atoms with van der Waals surface area (Å²) in [4.78, 5) is 30.7. The first-order valence-electron chi connectivity index (χ1n) is 22.2. The van der Waals surface area contributed by atoms with Gasteiger partial charge in [-0.3, -0.25) is 14.5 Å². The van der Waals surface area contributed by atoms with Crippen molar-refractivity contribution in [3.05, 3.63) is 191 Å². The number of carbonyl (C=O) groups excluding carboxylic acids is 2. The molecule has 8 rings (SSSR count). The number of carbonyl (C=O) groups is 2. The van der Waals surface area contributed by atoms with Crippen molar-refractivity contribution in [2.24, 2.45) is 17.8 Å². The molecular weight excluding hydrogens is 893 g/mol. The summed E-state index contributed by atoms with van der Waals surface area (Å²) in [7, 11) is -3.11. The van der Waals surface area contributed by atoms with Gasteiger partial charge in [-0.2, -0.15) is 0 Å². The van der Waals surface area contributed by atoms with Crippen LogP contribution in [0.4, 0.5) is 17.1 Å². The lowest BCUT2D eigenvalue weighted by atomic mass is 9.68. The van der Waals surface area contributed by atoms with Crippen molar-refractivity contribution in [2.45, 2.75) is 51.2 Å².